The SMILES string of the molecule is C=C(c1ccccc1)n1c(=O)n(CCO)c2ccccc21. The number of hydrogen-bond acceptors (Lipinski definition) is 2. The third-order valence-electron chi connectivity index (χ3n) is 3.54. The average Bonchev–Trinajstić information content (AvgIpc) is 2.81. The van der Waals surface area contributed by atoms with E-state index in [-0.39, 0.29) is 18.8 Å². The van der Waals surface area contributed by atoms with Gasteiger partial charge in [-0.3, -0.25) is 9.13 Å². The van der Waals surface area contributed by atoms with Crippen LogP contribution in [0.15, 0.2) is 66.0 Å². The van der Waals surface area contributed by atoms with Crippen LogP contribution in [0.1, 0.15) is 5.56 Å². The van der Waals surface area contributed by atoms with Gasteiger partial charge >= 0.3 is 5.69 Å². The second-order valence-electron chi connectivity index (χ2n) is 4.79. The number of rotatable bonds is 4. The molecular formula is C17H16N2O2. The Morgan fingerprint density at radius 2 is 1.62 bits per heavy atom. The zero-order chi connectivity index (χ0) is 14.8. The summed E-state index contributed by atoms with van der Waals surface area (Å²) in [5, 5.41) is 9.18. The van der Waals surface area contributed by atoms with Gasteiger partial charge in [0.15, 0.2) is 0 Å². The molecule has 0 amide bonds. The van der Waals surface area contributed by atoms with Gasteiger partial charge in [-0.2, -0.15) is 0 Å². The normalized spacial score (nSPS) is 10.9. The number of para-hydroxylation sites is 2. The molecule has 0 aliphatic rings. The molecule has 4 heteroatoms. The molecule has 0 bridgehead atoms. The lowest BCUT2D eigenvalue weighted by molar-refractivity contribution is 0.276. The van der Waals surface area contributed by atoms with E-state index in [2.05, 4.69) is 6.58 Å². The number of aliphatic hydroxyl groups excluding tert-OH is 1. The first-order chi connectivity index (χ1) is 10.2. The van der Waals surface area contributed by atoms with Crippen LogP contribution >= 0.6 is 0 Å². The molecule has 0 aliphatic carbocycles. The van der Waals surface area contributed by atoms with Crippen molar-refractivity contribution in [3.8, 4) is 0 Å². The molecule has 3 rings (SSSR count). The maximum absolute atomic E-state index is 12.6. The summed E-state index contributed by atoms with van der Waals surface area (Å²) in [4.78, 5) is 12.6. The number of aromatic nitrogens is 2. The molecule has 0 saturated heterocycles. The van der Waals surface area contributed by atoms with E-state index in [4.69, 9.17) is 0 Å². The van der Waals surface area contributed by atoms with Crippen LogP contribution in [0.25, 0.3) is 16.7 Å². The lowest BCUT2D eigenvalue weighted by Gasteiger charge is -2.07. The third-order valence-corrected chi connectivity index (χ3v) is 3.54. The molecule has 0 atom stereocenters. The molecule has 0 radical (unpaired) electrons. The summed E-state index contributed by atoms with van der Waals surface area (Å²) in [6, 6.07) is 17.1. The Morgan fingerprint density at radius 1 is 1.00 bits per heavy atom. The number of nitrogens with zero attached hydrogens (tertiary/aromatic N) is 2. The summed E-state index contributed by atoms with van der Waals surface area (Å²) in [7, 11) is 0. The van der Waals surface area contributed by atoms with Gasteiger partial charge in [0, 0.05) is 0 Å². The van der Waals surface area contributed by atoms with Crippen molar-refractivity contribution in [2.24, 2.45) is 0 Å². The first kappa shape index (κ1) is 13.4. The Hall–Kier alpha value is -2.59. The van der Waals surface area contributed by atoms with E-state index >= 15 is 0 Å². The predicted molar refractivity (Wildman–Crippen MR) is 84.2 cm³/mol. The van der Waals surface area contributed by atoms with Gasteiger partial charge in [-0.1, -0.05) is 49.0 Å². The minimum absolute atomic E-state index is 0.0777. The molecule has 1 heterocycles. The van der Waals surface area contributed by atoms with Crippen molar-refractivity contribution >= 4 is 16.7 Å². The van der Waals surface area contributed by atoms with E-state index in [1.165, 1.54) is 0 Å². The van der Waals surface area contributed by atoms with Crippen LogP contribution in [0, 0.1) is 0 Å². The van der Waals surface area contributed by atoms with Crippen LogP contribution in [-0.4, -0.2) is 20.8 Å². The maximum Gasteiger partial charge on any atom is 0.333 e. The lowest BCUT2D eigenvalue weighted by Crippen LogP contribution is -2.25. The summed E-state index contributed by atoms with van der Waals surface area (Å²) in [6.45, 7) is 4.26. The number of benzene rings is 2. The molecule has 0 saturated carbocycles. The molecule has 4 nitrogen and oxygen atoms in total. The molecule has 1 aromatic heterocycles. The second-order valence-corrected chi connectivity index (χ2v) is 4.79. The summed E-state index contributed by atoms with van der Waals surface area (Å²) in [6.07, 6.45) is 0. The second kappa shape index (κ2) is 5.42. The smallest absolute Gasteiger partial charge is 0.333 e. The van der Waals surface area contributed by atoms with Crippen molar-refractivity contribution in [2.75, 3.05) is 6.61 Å². The highest BCUT2D eigenvalue weighted by Gasteiger charge is 2.15. The van der Waals surface area contributed by atoms with Crippen molar-refractivity contribution in [3.05, 3.63) is 77.2 Å². The van der Waals surface area contributed by atoms with E-state index in [0.717, 1.165) is 16.6 Å². The molecule has 0 spiro atoms. The zero-order valence-electron chi connectivity index (χ0n) is 11.6. The van der Waals surface area contributed by atoms with E-state index in [9.17, 15) is 9.90 Å². The van der Waals surface area contributed by atoms with Crippen LogP contribution in [0.2, 0.25) is 0 Å². The van der Waals surface area contributed by atoms with Crippen LogP contribution < -0.4 is 5.69 Å². The fraction of sp³-hybridized carbons (Fsp3) is 0.118. The summed E-state index contributed by atoms with van der Waals surface area (Å²) in [5.41, 5.74) is 2.94. The van der Waals surface area contributed by atoms with Crippen molar-refractivity contribution in [2.45, 2.75) is 6.54 Å². The Bertz CT molecular complexity index is 844. The number of imidazole rings is 1. The molecule has 21 heavy (non-hydrogen) atoms. The van der Waals surface area contributed by atoms with E-state index in [1.54, 1.807) is 9.13 Å². The van der Waals surface area contributed by atoms with Gasteiger partial charge in [-0.05, 0) is 17.7 Å². The van der Waals surface area contributed by atoms with Crippen LogP contribution in [0.3, 0.4) is 0 Å². The van der Waals surface area contributed by atoms with Crippen molar-refractivity contribution in [1.82, 2.24) is 9.13 Å². The Balaban J connectivity index is 2.26. The molecule has 0 unspecified atom stereocenters. The van der Waals surface area contributed by atoms with Gasteiger partial charge in [0.2, 0.25) is 0 Å². The Kier molecular flexibility index (Phi) is 3.46. The highest BCUT2D eigenvalue weighted by Crippen LogP contribution is 2.20. The van der Waals surface area contributed by atoms with Gasteiger partial charge in [0.05, 0.1) is 29.9 Å². The predicted octanol–water partition coefficient (Wildman–Crippen LogP) is 2.31. The third kappa shape index (κ3) is 2.19. The average molecular weight is 280 g/mol. The zero-order valence-corrected chi connectivity index (χ0v) is 11.6. The van der Waals surface area contributed by atoms with Crippen LogP contribution in [-0.2, 0) is 6.54 Å². The van der Waals surface area contributed by atoms with Crippen molar-refractivity contribution in [3.63, 3.8) is 0 Å². The van der Waals surface area contributed by atoms with Gasteiger partial charge in [0.25, 0.3) is 0 Å². The van der Waals surface area contributed by atoms with E-state index in [0.29, 0.717) is 5.70 Å². The van der Waals surface area contributed by atoms with Crippen molar-refractivity contribution < 1.29 is 5.11 Å². The first-order valence-corrected chi connectivity index (χ1v) is 6.80. The van der Waals surface area contributed by atoms with Crippen molar-refractivity contribution in [1.29, 1.82) is 0 Å². The Morgan fingerprint density at radius 3 is 2.29 bits per heavy atom. The number of hydrogen-bond donors (Lipinski definition) is 1. The molecule has 106 valence electrons. The number of fused-ring (bicyclic) bond motifs is 1. The minimum Gasteiger partial charge on any atom is -0.395 e. The molecular weight excluding hydrogens is 264 g/mol. The maximum atomic E-state index is 12.6. The van der Waals surface area contributed by atoms with Gasteiger partial charge < -0.3 is 5.11 Å². The number of aliphatic hydroxyl groups is 1. The fourth-order valence-corrected chi connectivity index (χ4v) is 2.54. The van der Waals surface area contributed by atoms with Gasteiger partial charge in [-0.25, -0.2) is 4.79 Å². The fourth-order valence-electron chi connectivity index (χ4n) is 2.54. The summed E-state index contributed by atoms with van der Waals surface area (Å²) in [5.74, 6) is 0. The molecule has 3 aromatic rings. The molecule has 2 aromatic carbocycles. The van der Waals surface area contributed by atoms with Gasteiger partial charge in [0.1, 0.15) is 0 Å². The highest BCUT2D eigenvalue weighted by molar-refractivity contribution is 5.82. The van der Waals surface area contributed by atoms with Gasteiger partial charge in [-0.15, -0.1) is 0 Å². The van der Waals surface area contributed by atoms with Crippen LogP contribution in [0.4, 0.5) is 0 Å². The standard InChI is InChI=1S/C17H16N2O2/c1-13(14-7-3-2-4-8-14)19-16-10-6-5-9-15(16)18(11-12-20)17(19)21/h2-10,20H,1,11-12H2. The topological polar surface area (TPSA) is 47.2 Å². The minimum atomic E-state index is -0.181. The highest BCUT2D eigenvalue weighted by atomic mass is 16.3. The Labute approximate surface area is 122 Å². The van der Waals surface area contributed by atoms with Crippen LogP contribution in [0.5, 0.6) is 0 Å². The molecule has 0 fully saturated rings. The first-order valence-electron chi connectivity index (χ1n) is 6.80. The largest absolute Gasteiger partial charge is 0.395 e. The molecule has 0 aliphatic heterocycles. The van der Waals surface area contributed by atoms with E-state index < -0.39 is 0 Å². The lowest BCUT2D eigenvalue weighted by atomic mass is 10.1. The quantitative estimate of drug-likeness (QED) is 0.797. The monoisotopic (exact) mass is 280 g/mol. The van der Waals surface area contributed by atoms with E-state index in [1.807, 2.05) is 54.6 Å². The molecule has 1 N–H and O–H groups in total. The summed E-state index contributed by atoms with van der Waals surface area (Å²) >= 11 is 0. The summed E-state index contributed by atoms with van der Waals surface area (Å²) < 4.78 is 3.17.